The summed E-state index contributed by atoms with van der Waals surface area (Å²) in [5, 5.41) is 11.6. The maximum absolute atomic E-state index is 11.9. The van der Waals surface area contributed by atoms with Crippen LogP contribution in [-0.2, 0) is 0 Å². The fourth-order valence-electron chi connectivity index (χ4n) is 1.65. The van der Waals surface area contributed by atoms with Gasteiger partial charge in [0.15, 0.2) is 0 Å². The molecule has 0 aromatic carbocycles. The molecule has 2 rings (SSSR count). The summed E-state index contributed by atoms with van der Waals surface area (Å²) in [5.41, 5.74) is 0. The minimum absolute atomic E-state index is 0.0218. The smallest absolute Gasteiger partial charge is 0.261 e. The predicted molar refractivity (Wildman–Crippen MR) is 67.9 cm³/mol. The molecule has 90 valence electrons. The van der Waals surface area contributed by atoms with Gasteiger partial charge in [-0.25, -0.2) is 0 Å². The van der Waals surface area contributed by atoms with Crippen LogP contribution in [-0.4, -0.2) is 23.7 Å². The van der Waals surface area contributed by atoms with Crippen LogP contribution in [0.4, 0.5) is 0 Å². The molecular formula is C13H15NO2S. The van der Waals surface area contributed by atoms with E-state index in [4.69, 9.17) is 5.11 Å². The van der Waals surface area contributed by atoms with Gasteiger partial charge in [-0.1, -0.05) is 11.8 Å². The Bertz CT molecular complexity index is 465. The molecule has 0 saturated heterocycles. The van der Waals surface area contributed by atoms with E-state index in [0.29, 0.717) is 10.8 Å². The van der Waals surface area contributed by atoms with Crippen LogP contribution in [0.15, 0.2) is 12.1 Å². The van der Waals surface area contributed by atoms with E-state index < -0.39 is 0 Å². The first-order valence-corrected chi connectivity index (χ1v) is 6.53. The number of aliphatic hydroxyl groups is 1. The summed E-state index contributed by atoms with van der Waals surface area (Å²) >= 11 is 1.36. The van der Waals surface area contributed by atoms with Gasteiger partial charge in [0.1, 0.15) is 6.61 Å². The zero-order valence-corrected chi connectivity index (χ0v) is 10.5. The van der Waals surface area contributed by atoms with Crippen LogP contribution in [0.3, 0.4) is 0 Å². The molecule has 1 unspecified atom stereocenters. The second kappa shape index (κ2) is 5.35. The number of thiophene rings is 1. The molecule has 1 fully saturated rings. The Balaban J connectivity index is 1.96. The lowest BCUT2D eigenvalue weighted by atomic mass is 10.2. The van der Waals surface area contributed by atoms with E-state index >= 15 is 0 Å². The predicted octanol–water partition coefficient (Wildman–Crippen LogP) is 1.62. The van der Waals surface area contributed by atoms with Gasteiger partial charge in [-0.15, -0.1) is 11.3 Å². The van der Waals surface area contributed by atoms with Crippen molar-refractivity contribution in [3.05, 3.63) is 21.9 Å². The van der Waals surface area contributed by atoms with Crippen molar-refractivity contribution in [1.29, 1.82) is 0 Å². The van der Waals surface area contributed by atoms with E-state index in [1.54, 1.807) is 6.07 Å². The van der Waals surface area contributed by atoms with Gasteiger partial charge in [-0.3, -0.25) is 4.79 Å². The highest BCUT2D eigenvalue weighted by Gasteiger charge is 2.29. The number of hydrogen-bond acceptors (Lipinski definition) is 3. The van der Waals surface area contributed by atoms with E-state index in [9.17, 15) is 4.79 Å². The first-order chi connectivity index (χ1) is 8.20. The van der Waals surface area contributed by atoms with Crippen molar-refractivity contribution in [1.82, 2.24) is 5.32 Å². The highest BCUT2D eigenvalue weighted by molar-refractivity contribution is 7.14. The monoisotopic (exact) mass is 249 g/mol. The molecule has 1 atom stereocenters. The van der Waals surface area contributed by atoms with Gasteiger partial charge < -0.3 is 10.4 Å². The molecule has 4 heteroatoms. The Morgan fingerprint density at radius 2 is 2.41 bits per heavy atom. The second-order valence-corrected chi connectivity index (χ2v) is 5.31. The average Bonchev–Trinajstić information content (AvgIpc) is 3.06. The average molecular weight is 249 g/mol. The Labute approximate surface area is 105 Å². The first kappa shape index (κ1) is 12.2. The normalized spacial score (nSPS) is 15.9. The maximum atomic E-state index is 11.9. The third-order valence-corrected chi connectivity index (χ3v) is 3.81. The van der Waals surface area contributed by atoms with Gasteiger partial charge in [0.05, 0.1) is 9.75 Å². The number of amides is 1. The minimum atomic E-state index is -0.155. The fourth-order valence-corrected chi connectivity index (χ4v) is 2.43. The topological polar surface area (TPSA) is 49.3 Å². The number of hydrogen-bond donors (Lipinski definition) is 2. The summed E-state index contributed by atoms with van der Waals surface area (Å²) in [4.78, 5) is 13.4. The summed E-state index contributed by atoms with van der Waals surface area (Å²) in [6.45, 7) is 1.90. The molecule has 17 heavy (non-hydrogen) atoms. The number of nitrogens with one attached hydrogen (secondary N) is 1. The number of carbonyl (C=O) groups is 1. The lowest BCUT2D eigenvalue weighted by Gasteiger charge is -2.11. The van der Waals surface area contributed by atoms with E-state index in [1.165, 1.54) is 24.2 Å². The molecule has 1 aliphatic rings. The molecule has 1 amide bonds. The van der Waals surface area contributed by atoms with Crippen molar-refractivity contribution < 1.29 is 9.90 Å². The standard InChI is InChI=1S/C13H15NO2S/c1-9(10-4-5-10)14-13(16)12-7-6-11(17-12)3-2-8-15/h6-7,9-10,15H,4-5,8H2,1H3,(H,14,16). The maximum Gasteiger partial charge on any atom is 0.261 e. The number of aliphatic hydroxyl groups excluding tert-OH is 1. The first-order valence-electron chi connectivity index (χ1n) is 5.71. The SMILES string of the molecule is CC(NC(=O)c1ccc(C#CCO)s1)C1CC1. The quantitative estimate of drug-likeness (QED) is 0.800. The Hall–Kier alpha value is -1.31. The highest BCUT2D eigenvalue weighted by Crippen LogP contribution is 2.32. The van der Waals surface area contributed by atoms with Gasteiger partial charge in [0.25, 0.3) is 5.91 Å². The highest BCUT2D eigenvalue weighted by atomic mass is 32.1. The van der Waals surface area contributed by atoms with Crippen molar-refractivity contribution in [3.63, 3.8) is 0 Å². The largest absolute Gasteiger partial charge is 0.384 e. The molecule has 0 aliphatic heterocycles. The molecule has 1 aromatic heterocycles. The summed E-state index contributed by atoms with van der Waals surface area (Å²) < 4.78 is 0. The molecule has 1 saturated carbocycles. The van der Waals surface area contributed by atoms with E-state index in [0.717, 1.165) is 4.88 Å². The molecule has 3 nitrogen and oxygen atoms in total. The molecule has 0 bridgehead atoms. The molecule has 2 N–H and O–H groups in total. The van der Waals surface area contributed by atoms with E-state index in [-0.39, 0.29) is 18.6 Å². The van der Waals surface area contributed by atoms with Crippen LogP contribution in [0.5, 0.6) is 0 Å². The van der Waals surface area contributed by atoms with Gasteiger partial charge in [0.2, 0.25) is 0 Å². The van der Waals surface area contributed by atoms with E-state index in [1.807, 2.05) is 6.07 Å². The van der Waals surface area contributed by atoms with Gasteiger partial charge in [0, 0.05) is 6.04 Å². The fraction of sp³-hybridized carbons (Fsp3) is 0.462. The van der Waals surface area contributed by atoms with Crippen molar-refractivity contribution in [2.45, 2.75) is 25.8 Å². The zero-order chi connectivity index (χ0) is 12.3. The van der Waals surface area contributed by atoms with Crippen molar-refractivity contribution in [2.75, 3.05) is 6.61 Å². The minimum Gasteiger partial charge on any atom is -0.384 e. The zero-order valence-electron chi connectivity index (χ0n) is 9.69. The van der Waals surface area contributed by atoms with Crippen LogP contribution in [0.2, 0.25) is 0 Å². The molecule has 1 aliphatic carbocycles. The second-order valence-electron chi connectivity index (χ2n) is 4.22. The van der Waals surface area contributed by atoms with Crippen molar-refractivity contribution in [2.24, 2.45) is 5.92 Å². The van der Waals surface area contributed by atoms with Gasteiger partial charge >= 0.3 is 0 Å². The molecule has 1 heterocycles. The van der Waals surface area contributed by atoms with Crippen LogP contribution in [0, 0.1) is 17.8 Å². The lowest BCUT2D eigenvalue weighted by Crippen LogP contribution is -2.33. The number of carbonyl (C=O) groups excluding carboxylic acids is 1. The van der Waals surface area contributed by atoms with Crippen molar-refractivity contribution >= 4 is 17.2 Å². The van der Waals surface area contributed by atoms with Crippen LogP contribution in [0.1, 0.15) is 34.3 Å². The Kier molecular flexibility index (Phi) is 3.82. The molecule has 1 aromatic rings. The third-order valence-electron chi connectivity index (χ3n) is 2.81. The molecule has 0 spiro atoms. The summed E-state index contributed by atoms with van der Waals surface area (Å²) in [6.07, 6.45) is 2.44. The van der Waals surface area contributed by atoms with Crippen LogP contribution in [0.25, 0.3) is 0 Å². The van der Waals surface area contributed by atoms with Crippen LogP contribution < -0.4 is 5.32 Å². The lowest BCUT2D eigenvalue weighted by molar-refractivity contribution is 0.0940. The van der Waals surface area contributed by atoms with E-state index in [2.05, 4.69) is 24.1 Å². The molecule has 0 radical (unpaired) electrons. The van der Waals surface area contributed by atoms with Crippen LogP contribution >= 0.6 is 11.3 Å². The summed E-state index contributed by atoms with van der Waals surface area (Å²) in [5.74, 6) is 6.00. The van der Waals surface area contributed by atoms with Gasteiger partial charge in [-0.05, 0) is 37.8 Å². The van der Waals surface area contributed by atoms with Gasteiger partial charge in [-0.2, -0.15) is 0 Å². The Morgan fingerprint density at radius 3 is 3.06 bits per heavy atom. The Morgan fingerprint density at radius 1 is 1.65 bits per heavy atom. The summed E-state index contributed by atoms with van der Waals surface area (Å²) in [7, 11) is 0. The third kappa shape index (κ3) is 3.32. The summed E-state index contributed by atoms with van der Waals surface area (Å²) in [6, 6.07) is 3.85. The number of rotatable bonds is 3. The van der Waals surface area contributed by atoms with Crippen molar-refractivity contribution in [3.8, 4) is 11.8 Å². The molecular weight excluding hydrogens is 234 g/mol.